The number of aromatic nitrogens is 2. The van der Waals surface area contributed by atoms with Gasteiger partial charge in [-0.05, 0) is 85.5 Å². The molecule has 5 aromatic rings. The molecule has 2 aromatic heterocycles. The zero-order chi connectivity index (χ0) is 29.5. The van der Waals surface area contributed by atoms with Crippen molar-refractivity contribution in [2.75, 3.05) is 19.1 Å². The lowest BCUT2D eigenvalue weighted by atomic mass is 9.94. The number of ether oxygens (including phenoxy) is 1. The number of aryl methyl sites for hydroxylation is 1. The van der Waals surface area contributed by atoms with Gasteiger partial charge in [0.05, 0.1) is 23.6 Å². The van der Waals surface area contributed by atoms with Crippen molar-refractivity contribution in [2.45, 2.75) is 25.8 Å². The van der Waals surface area contributed by atoms with Gasteiger partial charge in [0.1, 0.15) is 28.7 Å². The molecule has 0 spiro atoms. The van der Waals surface area contributed by atoms with E-state index in [-0.39, 0.29) is 51.3 Å². The number of hydrogen-bond acceptors (Lipinski definition) is 6. The van der Waals surface area contributed by atoms with Crippen molar-refractivity contribution < 1.29 is 27.5 Å². The van der Waals surface area contributed by atoms with Crippen LogP contribution in [0.1, 0.15) is 39.1 Å². The maximum atomic E-state index is 16.5. The minimum Gasteiger partial charge on any atom is -0.496 e. The van der Waals surface area contributed by atoms with Crippen molar-refractivity contribution in [3.63, 3.8) is 0 Å². The number of anilines is 1. The molecule has 0 aliphatic heterocycles. The number of methoxy groups -OCH3 is 1. The van der Waals surface area contributed by atoms with E-state index in [2.05, 4.69) is 15.3 Å². The molecule has 2 amide bonds. The Morgan fingerprint density at radius 2 is 1.74 bits per heavy atom. The summed E-state index contributed by atoms with van der Waals surface area (Å²) in [7, 11) is 2.90. The first-order chi connectivity index (χ1) is 20.3. The molecule has 1 aliphatic carbocycles. The van der Waals surface area contributed by atoms with Crippen LogP contribution in [0, 0.1) is 18.6 Å². The summed E-state index contributed by atoms with van der Waals surface area (Å²) < 4.78 is 41.6. The van der Waals surface area contributed by atoms with E-state index in [0.29, 0.717) is 22.4 Å². The molecular formula is C32H26F2N4O4. The van der Waals surface area contributed by atoms with Gasteiger partial charge in [-0.1, -0.05) is 0 Å². The van der Waals surface area contributed by atoms with Crippen LogP contribution in [0.5, 0.6) is 5.75 Å². The minimum absolute atomic E-state index is 0.0120. The summed E-state index contributed by atoms with van der Waals surface area (Å²) in [6.45, 7) is 1.79. The highest BCUT2D eigenvalue weighted by Crippen LogP contribution is 2.41. The average molecular weight is 569 g/mol. The lowest BCUT2D eigenvalue weighted by Crippen LogP contribution is -2.34. The zero-order valence-corrected chi connectivity index (χ0v) is 23.1. The molecular weight excluding hydrogens is 542 g/mol. The summed E-state index contributed by atoms with van der Waals surface area (Å²) in [6.07, 6.45) is 4.77. The van der Waals surface area contributed by atoms with Crippen LogP contribution in [0.15, 0.2) is 71.4 Å². The number of amides is 2. The molecule has 1 saturated carbocycles. The van der Waals surface area contributed by atoms with Crippen LogP contribution >= 0.6 is 0 Å². The molecule has 6 rings (SSSR count). The van der Waals surface area contributed by atoms with Gasteiger partial charge in [-0.25, -0.2) is 18.7 Å². The Morgan fingerprint density at radius 1 is 1.02 bits per heavy atom. The molecule has 8 nitrogen and oxygen atoms in total. The summed E-state index contributed by atoms with van der Waals surface area (Å²) in [6, 6.07) is 13.4. The van der Waals surface area contributed by atoms with Crippen LogP contribution in [-0.4, -0.2) is 42.0 Å². The normalized spacial score (nSPS) is 12.8. The molecule has 0 radical (unpaired) electrons. The SMILES string of the molecule is CNC(=O)c1c(-c2ccc(F)cc2)oc2ccc(-c3cc(C(=O)N(c4ncccn4)C4CC4)c(OC)cc3C)c(F)c12. The number of fused-ring (bicyclic) bond motifs is 1. The molecule has 10 heteroatoms. The van der Waals surface area contributed by atoms with E-state index in [1.54, 1.807) is 54.5 Å². The van der Waals surface area contributed by atoms with Gasteiger partial charge in [-0.15, -0.1) is 0 Å². The molecule has 3 aromatic carbocycles. The van der Waals surface area contributed by atoms with Gasteiger partial charge in [0.2, 0.25) is 5.95 Å². The molecule has 2 heterocycles. The average Bonchev–Trinajstić information content (AvgIpc) is 3.76. The number of hydrogen-bond donors (Lipinski definition) is 1. The molecule has 1 aliphatic rings. The van der Waals surface area contributed by atoms with Crippen LogP contribution in [0.3, 0.4) is 0 Å². The van der Waals surface area contributed by atoms with Crippen molar-refractivity contribution >= 4 is 28.7 Å². The van der Waals surface area contributed by atoms with E-state index >= 15 is 4.39 Å². The Morgan fingerprint density at radius 3 is 2.38 bits per heavy atom. The fourth-order valence-corrected chi connectivity index (χ4v) is 5.11. The second-order valence-electron chi connectivity index (χ2n) is 10.0. The van der Waals surface area contributed by atoms with Gasteiger partial charge >= 0.3 is 0 Å². The maximum absolute atomic E-state index is 16.5. The van der Waals surface area contributed by atoms with Gasteiger partial charge in [0.25, 0.3) is 11.8 Å². The first-order valence-electron chi connectivity index (χ1n) is 13.3. The van der Waals surface area contributed by atoms with Crippen LogP contribution in [0.4, 0.5) is 14.7 Å². The first-order valence-corrected chi connectivity index (χ1v) is 13.3. The molecule has 0 bridgehead atoms. The summed E-state index contributed by atoms with van der Waals surface area (Å²) in [5.74, 6) is -1.35. The Balaban J connectivity index is 1.52. The summed E-state index contributed by atoms with van der Waals surface area (Å²) in [5, 5.41) is 2.52. The van der Waals surface area contributed by atoms with Crippen LogP contribution in [-0.2, 0) is 0 Å². The Hall–Kier alpha value is -5.12. The molecule has 42 heavy (non-hydrogen) atoms. The summed E-state index contributed by atoms with van der Waals surface area (Å²) in [4.78, 5) is 37.1. The van der Waals surface area contributed by atoms with Gasteiger partial charge in [0, 0.05) is 36.6 Å². The van der Waals surface area contributed by atoms with Crippen molar-refractivity contribution in [3.8, 4) is 28.2 Å². The fourth-order valence-electron chi connectivity index (χ4n) is 5.11. The summed E-state index contributed by atoms with van der Waals surface area (Å²) in [5.41, 5.74) is 2.05. The maximum Gasteiger partial charge on any atom is 0.264 e. The van der Waals surface area contributed by atoms with E-state index in [0.717, 1.165) is 12.8 Å². The highest BCUT2D eigenvalue weighted by molar-refractivity contribution is 6.12. The number of nitrogens with zero attached hydrogens (tertiary/aromatic N) is 3. The third-order valence-corrected chi connectivity index (χ3v) is 7.32. The van der Waals surface area contributed by atoms with E-state index in [4.69, 9.17) is 9.15 Å². The number of halogens is 2. The Kier molecular flexibility index (Phi) is 6.89. The topological polar surface area (TPSA) is 97.6 Å². The number of rotatable bonds is 7. The van der Waals surface area contributed by atoms with E-state index in [1.165, 1.54) is 38.4 Å². The minimum atomic E-state index is -0.694. The lowest BCUT2D eigenvalue weighted by molar-refractivity contribution is 0.0961. The first kappa shape index (κ1) is 27.1. The predicted octanol–water partition coefficient (Wildman–Crippen LogP) is 6.32. The van der Waals surface area contributed by atoms with Gasteiger partial charge in [0.15, 0.2) is 0 Å². The monoisotopic (exact) mass is 568 g/mol. The number of carbonyl (C=O) groups is 2. The standard InChI is InChI=1S/C32H26F2N4O4/c1-17-15-25(41-3)23(31(40)38(20-9-10-20)32-36-13-4-14-37-32)16-22(17)21-11-12-24-26(28(21)34)27(30(39)35-2)29(42-24)18-5-7-19(33)8-6-18/h4-8,11-16,20H,9-10H2,1-3H3,(H,35,39). The highest BCUT2D eigenvalue weighted by atomic mass is 19.1. The van der Waals surface area contributed by atoms with Crippen molar-refractivity contribution in [1.29, 1.82) is 0 Å². The summed E-state index contributed by atoms with van der Waals surface area (Å²) >= 11 is 0. The van der Waals surface area contributed by atoms with Crippen LogP contribution in [0.2, 0.25) is 0 Å². The van der Waals surface area contributed by atoms with Gasteiger partial charge < -0.3 is 14.5 Å². The second-order valence-corrected chi connectivity index (χ2v) is 10.0. The predicted molar refractivity (Wildman–Crippen MR) is 154 cm³/mol. The third-order valence-electron chi connectivity index (χ3n) is 7.32. The van der Waals surface area contributed by atoms with Crippen molar-refractivity contribution in [2.24, 2.45) is 0 Å². The van der Waals surface area contributed by atoms with E-state index < -0.39 is 17.5 Å². The van der Waals surface area contributed by atoms with Crippen molar-refractivity contribution in [3.05, 3.63) is 95.3 Å². The van der Waals surface area contributed by atoms with Crippen LogP contribution in [0.25, 0.3) is 33.4 Å². The molecule has 1 N–H and O–H groups in total. The Bertz CT molecular complexity index is 1830. The smallest absolute Gasteiger partial charge is 0.264 e. The molecule has 1 fully saturated rings. The number of furan rings is 1. The Labute approximate surface area is 240 Å². The van der Waals surface area contributed by atoms with E-state index in [1.807, 2.05) is 0 Å². The number of benzene rings is 3. The number of carbonyl (C=O) groups excluding carboxylic acids is 2. The van der Waals surface area contributed by atoms with E-state index in [9.17, 15) is 14.0 Å². The molecule has 0 saturated heterocycles. The molecule has 212 valence electrons. The highest BCUT2D eigenvalue weighted by Gasteiger charge is 2.37. The molecule has 0 unspecified atom stereocenters. The quantitative estimate of drug-likeness (QED) is 0.247. The van der Waals surface area contributed by atoms with Gasteiger partial charge in [-0.2, -0.15) is 0 Å². The largest absolute Gasteiger partial charge is 0.496 e. The fraction of sp³-hybridized carbons (Fsp3) is 0.188. The van der Waals surface area contributed by atoms with Gasteiger partial charge in [-0.3, -0.25) is 14.5 Å². The van der Waals surface area contributed by atoms with Crippen LogP contribution < -0.4 is 15.0 Å². The third kappa shape index (κ3) is 4.64. The second kappa shape index (κ2) is 10.7. The lowest BCUT2D eigenvalue weighted by Gasteiger charge is -2.22. The zero-order valence-electron chi connectivity index (χ0n) is 23.1. The van der Waals surface area contributed by atoms with Crippen molar-refractivity contribution in [1.82, 2.24) is 15.3 Å². The number of nitrogens with one attached hydrogen (secondary N) is 1. The molecule has 0 atom stereocenters.